The number of hydrogen-bond donors (Lipinski definition) is 1. The van der Waals surface area contributed by atoms with Crippen molar-refractivity contribution in [2.45, 2.75) is 17.1 Å². The van der Waals surface area contributed by atoms with E-state index in [1.165, 1.54) is 9.77 Å². The van der Waals surface area contributed by atoms with Gasteiger partial charge in [0.25, 0.3) is 5.56 Å². The number of H-pyrrole nitrogens is 1. The molecule has 0 spiro atoms. The van der Waals surface area contributed by atoms with Crippen LogP contribution in [0.3, 0.4) is 0 Å². The number of thiophene rings is 1. The minimum Gasteiger partial charge on any atom is -0.306 e. The lowest BCUT2D eigenvalue weighted by atomic mass is 10.1. The van der Waals surface area contributed by atoms with Crippen LogP contribution in [0.2, 0.25) is 0 Å². The van der Waals surface area contributed by atoms with E-state index in [1.807, 2.05) is 23.9 Å². The van der Waals surface area contributed by atoms with Crippen LogP contribution in [-0.4, -0.2) is 20.7 Å². The topological polar surface area (TPSA) is 58.6 Å². The molecule has 0 amide bonds. The number of pyridine rings is 1. The van der Waals surface area contributed by atoms with Gasteiger partial charge in [0.2, 0.25) is 0 Å². The molecule has 0 unspecified atom stereocenters. The normalized spacial score (nSPS) is 14.4. The van der Waals surface area contributed by atoms with E-state index in [1.54, 1.807) is 23.7 Å². The average Bonchev–Trinajstić information content (AvgIpc) is 2.87. The van der Waals surface area contributed by atoms with E-state index in [2.05, 4.69) is 15.0 Å². The van der Waals surface area contributed by atoms with Gasteiger partial charge in [-0.25, -0.2) is 4.98 Å². The van der Waals surface area contributed by atoms with Gasteiger partial charge in [-0.1, -0.05) is 0 Å². The fourth-order valence-corrected chi connectivity index (χ4v) is 4.97. The molecule has 0 saturated heterocycles. The molecule has 0 aromatic carbocycles. The van der Waals surface area contributed by atoms with E-state index in [4.69, 9.17) is 0 Å². The fourth-order valence-electron chi connectivity index (χ4n) is 2.44. The van der Waals surface area contributed by atoms with E-state index in [-0.39, 0.29) is 5.56 Å². The number of thioether (sulfide) groups is 1. The van der Waals surface area contributed by atoms with Crippen LogP contribution in [0.1, 0.15) is 12.0 Å². The van der Waals surface area contributed by atoms with Gasteiger partial charge in [-0.2, -0.15) is 0 Å². The van der Waals surface area contributed by atoms with Crippen molar-refractivity contribution in [2.75, 3.05) is 5.75 Å². The van der Waals surface area contributed by atoms with Crippen LogP contribution in [-0.2, 0) is 6.42 Å². The molecule has 0 atom stereocenters. The molecule has 3 aromatic rings. The first-order valence-electron chi connectivity index (χ1n) is 6.42. The van der Waals surface area contributed by atoms with Crippen molar-refractivity contribution in [3.05, 3.63) is 40.4 Å². The number of aromatic nitrogens is 3. The second-order valence-electron chi connectivity index (χ2n) is 4.66. The summed E-state index contributed by atoms with van der Waals surface area (Å²) >= 11 is 3.47. The molecule has 3 aromatic heterocycles. The summed E-state index contributed by atoms with van der Waals surface area (Å²) in [6, 6.07) is 3.74. The summed E-state index contributed by atoms with van der Waals surface area (Å²) in [5.41, 5.74) is 1.99. The standard InChI is InChI=1S/C14H11N3OS2/c18-12-10-9-4-2-6-19-14(9)20-13(10)17-11(16-12)8-3-1-5-15-7-8/h1,3,5,7H,2,4,6H2,(H,16,17,18). The molecule has 4 nitrogen and oxygen atoms in total. The summed E-state index contributed by atoms with van der Waals surface area (Å²) in [7, 11) is 0. The maximum atomic E-state index is 12.4. The lowest BCUT2D eigenvalue weighted by Crippen LogP contribution is -2.10. The van der Waals surface area contributed by atoms with Gasteiger partial charge in [-0.05, 0) is 36.3 Å². The van der Waals surface area contributed by atoms with Crippen molar-refractivity contribution in [2.24, 2.45) is 0 Å². The Bertz CT molecular complexity index is 839. The zero-order chi connectivity index (χ0) is 13.5. The molecule has 4 rings (SSSR count). The number of aryl methyl sites for hydroxylation is 1. The largest absolute Gasteiger partial charge is 0.306 e. The van der Waals surface area contributed by atoms with Gasteiger partial charge in [-0.15, -0.1) is 23.1 Å². The summed E-state index contributed by atoms with van der Waals surface area (Å²) < 4.78 is 1.26. The Balaban J connectivity index is 1.97. The highest BCUT2D eigenvalue weighted by Crippen LogP contribution is 2.40. The zero-order valence-corrected chi connectivity index (χ0v) is 12.2. The van der Waals surface area contributed by atoms with Crippen molar-refractivity contribution in [1.82, 2.24) is 15.0 Å². The first kappa shape index (κ1) is 12.1. The van der Waals surface area contributed by atoms with Crippen molar-refractivity contribution in [3.63, 3.8) is 0 Å². The van der Waals surface area contributed by atoms with Gasteiger partial charge in [0.05, 0.1) is 9.60 Å². The summed E-state index contributed by atoms with van der Waals surface area (Å²) in [5.74, 6) is 1.73. The first-order chi connectivity index (χ1) is 9.83. The summed E-state index contributed by atoms with van der Waals surface area (Å²) in [6.07, 6.45) is 5.54. The Labute approximate surface area is 123 Å². The second-order valence-corrected chi connectivity index (χ2v) is 7.02. The number of aromatic amines is 1. The molecule has 1 N–H and O–H groups in total. The SMILES string of the molecule is O=c1[nH]c(-c2cccnc2)nc2sc3c(c12)CCCS3. The monoisotopic (exact) mass is 301 g/mol. The second kappa shape index (κ2) is 4.71. The highest BCUT2D eigenvalue weighted by atomic mass is 32.2. The molecule has 0 fully saturated rings. The van der Waals surface area contributed by atoms with E-state index >= 15 is 0 Å². The highest BCUT2D eigenvalue weighted by molar-refractivity contribution is 8.01. The molecule has 1 aliphatic heterocycles. The minimum atomic E-state index is -0.0335. The van der Waals surface area contributed by atoms with E-state index in [0.29, 0.717) is 5.82 Å². The van der Waals surface area contributed by atoms with Gasteiger partial charge in [0.1, 0.15) is 10.7 Å². The molecular formula is C14H11N3OS2. The third-order valence-electron chi connectivity index (χ3n) is 3.36. The average molecular weight is 301 g/mol. The zero-order valence-electron chi connectivity index (χ0n) is 10.5. The molecule has 0 saturated carbocycles. The third-order valence-corrected chi connectivity index (χ3v) is 5.89. The van der Waals surface area contributed by atoms with Crippen molar-refractivity contribution in [1.29, 1.82) is 0 Å². The highest BCUT2D eigenvalue weighted by Gasteiger charge is 2.20. The maximum Gasteiger partial charge on any atom is 0.260 e. The fraction of sp³-hybridized carbons (Fsp3) is 0.214. The van der Waals surface area contributed by atoms with Crippen LogP contribution in [0.25, 0.3) is 21.6 Å². The van der Waals surface area contributed by atoms with Crippen LogP contribution >= 0.6 is 23.1 Å². The Morgan fingerprint density at radius 1 is 1.35 bits per heavy atom. The van der Waals surface area contributed by atoms with Gasteiger partial charge in [-0.3, -0.25) is 9.78 Å². The Morgan fingerprint density at radius 3 is 3.15 bits per heavy atom. The number of nitrogens with one attached hydrogen (secondary N) is 1. The number of fused-ring (bicyclic) bond motifs is 3. The number of hydrogen-bond acceptors (Lipinski definition) is 5. The lowest BCUT2D eigenvalue weighted by Gasteiger charge is -2.09. The van der Waals surface area contributed by atoms with Crippen molar-refractivity contribution < 1.29 is 0 Å². The van der Waals surface area contributed by atoms with Gasteiger partial charge in [0.15, 0.2) is 0 Å². The molecule has 0 bridgehead atoms. The summed E-state index contributed by atoms with van der Waals surface area (Å²) in [4.78, 5) is 24.8. The number of rotatable bonds is 1. The van der Waals surface area contributed by atoms with Crippen LogP contribution in [0.15, 0.2) is 33.5 Å². The molecule has 4 heterocycles. The van der Waals surface area contributed by atoms with Gasteiger partial charge in [0, 0.05) is 18.0 Å². The van der Waals surface area contributed by atoms with Crippen LogP contribution < -0.4 is 5.56 Å². The molecule has 20 heavy (non-hydrogen) atoms. The Kier molecular flexibility index (Phi) is 2.85. The Hall–Kier alpha value is -1.66. The molecule has 0 radical (unpaired) electrons. The maximum absolute atomic E-state index is 12.4. The molecule has 6 heteroatoms. The number of nitrogens with zero attached hydrogens (tertiary/aromatic N) is 2. The lowest BCUT2D eigenvalue weighted by molar-refractivity contribution is 0.910. The predicted molar refractivity (Wildman–Crippen MR) is 82.5 cm³/mol. The molecule has 0 aliphatic carbocycles. The van der Waals surface area contributed by atoms with E-state index in [0.717, 1.165) is 34.4 Å². The summed E-state index contributed by atoms with van der Waals surface area (Å²) in [5, 5.41) is 0.782. The van der Waals surface area contributed by atoms with Crippen LogP contribution in [0, 0.1) is 0 Å². The van der Waals surface area contributed by atoms with Crippen LogP contribution in [0.4, 0.5) is 0 Å². The molecule has 100 valence electrons. The van der Waals surface area contributed by atoms with E-state index in [9.17, 15) is 4.79 Å². The predicted octanol–water partition coefficient (Wildman–Crippen LogP) is 3.08. The quantitative estimate of drug-likeness (QED) is 0.750. The van der Waals surface area contributed by atoms with Crippen LogP contribution in [0.5, 0.6) is 0 Å². The van der Waals surface area contributed by atoms with E-state index < -0.39 is 0 Å². The minimum absolute atomic E-state index is 0.0335. The van der Waals surface area contributed by atoms with Crippen molar-refractivity contribution >= 4 is 33.3 Å². The smallest absolute Gasteiger partial charge is 0.260 e. The first-order valence-corrected chi connectivity index (χ1v) is 8.22. The summed E-state index contributed by atoms with van der Waals surface area (Å²) in [6.45, 7) is 0. The Morgan fingerprint density at radius 2 is 2.30 bits per heavy atom. The molecular weight excluding hydrogens is 290 g/mol. The third kappa shape index (κ3) is 1.87. The van der Waals surface area contributed by atoms with Gasteiger partial charge >= 0.3 is 0 Å². The van der Waals surface area contributed by atoms with Crippen molar-refractivity contribution in [3.8, 4) is 11.4 Å². The van der Waals surface area contributed by atoms with Gasteiger partial charge < -0.3 is 4.98 Å². The molecule has 1 aliphatic rings.